The summed E-state index contributed by atoms with van der Waals surface area (Å²) in [4.78, 5) is 21.3. The number of hydrogen-bond donors (Lipinski definition) is 1. The molecule has 1 atom stereocenters. The van der Waals surface area contributed by atoms with E-state index >= 15 is 0 Å². The summed E-state index contributed by atoms with van der Waals surface area (Å²) in [5.74, 6) is 0. The Morgan fingerprint density at radius 2 is 1.85 bits per heavy atom. The summed E-state index contributed by atoms with van der Waals surface area (Å²) >= 11 is -2.59. The predicted octanol–water partition coefficient (Wildman–Crippen LogP) is 0.538. The van der Waals surface area contributed by atoms with Crippen LogP contribution in [0.2, 0.25) is 0 Å². The van der Waals surface area contributed by atoms with Crippen LogP contribution >= 0.6 is 0 Å². The summed E-state index contributed by atoms with van der Waals surface area (Å²) in [6, 6.07) is 8.46. The van der Waals surface area contributed by atoms with Gasteiger partial charge in [0.05, 0.1) is 16.2 Å². The molecule has 148 valence electrons. The quantitative estimate of drug-likeness (QED) is 0.572. The number of amides is 1. The van der Waals surface area contributed by atoms with E-state index in [1.54, 1.807) is 42.3 Å². The van der Waals surface area contributed by atoms with E-state index in [1.165, 1.54) is 11.2 Å². The van der Waals surface area contributed by atoms with Crippen molar-refractivity contribution in [1.82, 2.24) is 14.7 Å². The SMILES string of the molecule is CN1CCC(N(C)C(=O)ONS(=O)[O-])CC1.CS(=O)(=O)c1ccccc1. The number of nitrogens with zero attached hydrogens (tertiary/aromatic N) is 2. The number of carbonyl (C=O) groups is 1. The lowest BCUT2D eigenvalue weighted by Crippen LogP contribution is -2.45. The van der Waals surface area contributed by atoms with E-state index < -0.39 is 27.2 Å². The van der Waals surface area contributed by atoms with Crippen LogP contribution in [-0.4, -0.2) is 72.6 Å². The molecular weight excluding hydrogens is 382 g/mol. The molecule has 9 nitrogen and oxygen atoms in total. The van der Waals surface area contributed by atoms with Gasteiger partial charge in [-0.3, -0.25) is 4.21 Å². The van der Waals surface area contributed by atoms with Gasteiger partial charge in [0.1, 0.15) is 0 Å². The lowest BCUT2D eigenvalue weighted by molar-refractivity contribution is 0.0651. The molecule has 1 heterocycles. The third-order valence-corrected chi connectivity index (χ3v) is 5.24. The molecule has 0 radical (unpaired) electrons. The molecule has 1 aliphatic rings. The van der Waals surface area contributed by atoms with Crippen molar-refractivity contribution >= 4 is 27.2 Å². The molecule has 1 saturated heterocycles. The largest absolute Gasteiger partial charge is 0.758 e. The molecular formula is C15H24N3O6S2-. The normalized spacial score (nSPS) is 16.9. The molecule has 0 aliphatic carbocycles. The fraction of sp³-hybridized carbons (Fsp3) is 0.533. The van der Waals surface area contributed by atoms with Crippen LogP contribution in [0.25, 0.3) is 0 Å². The van der Waals surface area contributed by atoms with Crippen molar-refractivity contribution in [2.24, 2.45) is 0 Å². The van der Waals surface area contributed by atoms with E-state index in [-0.39, 0.29) is 6.04 Å². The van der Waals surface area contributed by atoms with Crippen LogP contribution in [0.4, 0.5) is 4.79 Å². The Balaban J connectivity index is 0.000000289. The first-order valence-corrected chi connectivity index (χ1v) is 10.8. The lowest BCUT2D eigenvalue weighted by Gasteiger charge is -2.34. The molecule has 1 amide bonds. The van der Waals surface area contributed by atoms with Gasteiger partial charge in [-0.2, -0.15) is 0 Å². The second-order valence-electron chi connectivity index (χ2n) is 5.92. The third-order valence-electron chi connectivity index (χ3n) is 3.89. The third kappa shape index (κ3) is 8.23. The van der Waals surface area contributed by atoms with E-state index in [1.807, 2.05) is 7.05 Å². The summed E-state index contributed by atoms with van der Waals surface area (Å²) in [5, 5.41) is 0. The maximum Gasteiger partial charge on any atom is 0.429 e. The predicted molar refractivity (Wildman–Crippen MR) is 96.4 cm³/mol. The first-order valence-electron chi connectivity index (χ1n) is 7.83. The van der Waals surface area contributed by atoms with Crippen LogP contribution in [0, 0.1) is 0 Å². The molecule has 0 saturated carbocycles. The molecule has 2 rings (SSSR count). The van der Waals surface area contributed by atoms with Gasteiger partial charge in [-0.25, -0.2) is 13.2 Å². The summed E-state index contributed by atoms with van der Waals surface area (Å²) in [7, 11) is 0.627. The molecule has 1 fully saturated rings. The zero-order chi connectivity index (χ0) is 19.7. The molecule has 1 aromatic rings. The van der Waals surface area contributed by atoms with Gasteiger partial charge < -0.3 is 19.2 Å². The van der Waals surface area contributed by atoms with Crippen molar-refractivity contribution in [2.75, 3.05) is 33.4 Å². The van der Waals surface area contributed by atoms with Crippen molar-refractivity contribution < 1.29 is 26.8 Å². The molecule has 1 aromatic carbocycles. The van der Waals surface area contributed by atoms with Crippen molar-refractivity contribution in [2.45, 2.75) is 23.8 Å². The Morgan fingerprint density at radius 3 is 2.27 bits per heavy atom. The average molecular weight is 407 g/mol. The Hall–Kier alpha value is -1.53. The van der Waals surface area contributed by atoms with E-state index in [4.69, 9.17) is 0 Å². The van der Waals surface area contributed by atoms with Crippen LogP contribution in [0.15, 0.2) is 35.2 Å². The minimum atomic E-state index is -3.00. The fourth-order valence-corrected chi connectivity index (χ4v) is 3.13. The van der Waals surface area contributed by atoms with Crippen LogP contribution in [0.5, 0.6) is 0 Å². The van der Waals surface area contributed by atoms with E-state index in [2.05, 4.69) is 9.74 Å². The highest BCUT2D eigenvalue weighted by atomic mass is 32.2. The maximum absolute atomic E-state index is 11.4. The number of sulfone groups is 1. The summed E-state index contributed by atoms with van der Waals surface area (Å²) in [5.41, 5.74) is 0. The maximum atomic E-state index is 11.4. The molecule has 1 unspecified atom stereocenters. The monoisotopic (exact) mass is 406 g/mol. The molecule has 11 heteroatoms. The minimum absolute atomic E-state index is 0.102. The number of hydrogen-bond acceptors (Lipinski definition) is 7. The molecule has 1 N–H and O–H groups in total. The van der Waals surface area contributed by atoms with E-state index in [0.29, 0.717) is 4.90 Å². The van der Waals surface area contributed by atoms with Gasteiger partial charge in [0, 0.05) is 19.3 Å². The van der Waals surface area contributed by atoms with Gasteiger partial charge in [-0.05, 0) is 45.1 Å². The zero-order valence-corrected chi connectivity index (χ0v) is 16.6. The number of rotatable bonds is 4. The first kappa shape index (κ1) is 22.5. The van der Waals surface area contributed by atoms with Crippen LogP contribution < -0.4 is 4.89 Å². The fourth-order valence-electron chi connectivity index (χ4n) is 2.34. The minimum Gasteiger partial charge on any atom is -0.758 e. The van der Waals surface area contributed by atoms with E-state index in [0.717, 1.165) is 25.9 Å². The number of likely N-dealkylation sites (tertiary alicyclic amines) is 1. The van der Waals surface area contributed by atoms with Gasteiger partial charge in [-0.15, -0.1) is 0 Å². The number of benzene rings is 1. The zero-order valence-electron chi connectivity index (χ0n) is 15.0. The Labute approximate surface area is 156 Å². The second-order valence-corrected chi connectivity index (χ2v) is 8.57. The van der Waals surface area contributed by atoms with E-state index in [9.17, 15) is 22.0 Å². The molecule has 26 heavy (non-hydrogen) atoms. The van der Waals surface area contributed by atoms with Crippen molar-refractivity contribution in [1.29, 1.82) is 0 Å². The van der Waals surface area contributed by atoms with Crippen LogP contribution in [0.1, 0.15) is 12.8 Å². The van der Waals surface area contributed by atoms with Crippen molar-refractivity contribution in [3.63, 3.8) is 0 Å². The van der Waals surface area contributed by atoms with Gasteiger partial charge in [-0.1, -0.05) is 23.1 Å². The highest BCUT2D eigenvalue weighted by molar-refractivity contribution is 7.90. The molecule has 0 aromatic heterocycles. The standard InChI is InChI=1S/C8H17N3O4S.C7H8O2S/c1-10-5-3-7(4-6-10)11(2)8(12)15-9-16(13)14;1-10(8,9)7-5-3-2-4-6-7/h7,9H,3-6H2,1-2H3,(H,13,14);2-6H,1H3/p-1. The molecule has 1 aliphatic heterocycles. The van der Waals surface area contributed by atoms with Crippen molar-refractivity contribution in [3.05, 3.63) is 30.3 Å². The Morgan fingerprint density at radius 1 is 1.31 bits per heavy atom. The second kappa shape index (κ2) is 10.6. The first-order chi connectivity index (χ1) is 12.1. The van der Waals surface area contributed by atoms with Crippen LogP contribution in [0.3, 0.4) is 0 Å². The Kier molecular flexibility index (Phi) is 9.16. The summed E-state index contributed by atoms with van der Waals surface area (Å²) in [6.45, 7) is 1.84. The lowest BCUT2D eigenvalue weighted by atomic mass is 10.0. The molecule has 0 bridgehead atoms. The summed E-state index contributed by atoms with van der Waals surface area (Å²) in [6.07, 6.45) is 2.24. The van der Waals surface area contributed by atoms with Gasteiger partial charge >= 0.3 is 6.09 Å². The highest BCUT2D eigenvalue weighted by Gasteiger charge is 2.24. The number of piperidine rings is 1. The van der Waals surface area contributed by atoms with Crippen molar-refractivity contribution in [3.8, 4) is 0 Å². The average Bonchev–Trinajstić information content (AvgIpc) is 2.60. The number of carbonyl (C=O) groups excluding carboxylic acids is 1. The summed E-state index contributed by atoms with van der Waals surface area (Å²) < 4.78 is 41.9. The smallest absolute Gasteiger partial charge is 0.429 e. The topological polar surface area (TPSA) is 119 Å². The van der Waals surface area contributed by atoms with Gasteiger partial charge in [0.25, 0.3) is 0 Å². The molecule has 0 spiro atoms. The van der Waals surface area contributed by atoms with Gasteiger partial charge in [0.2, 0.25) is 0 Å². The number of nitrogens with one attached hydrogen (secondary N) is 1. The highest BCUT2D eigenvalue weighted by Crippen LogP contribution is 2.14. The van der Waals surface area contributed by atoms with Crippen LogP contribution in [-0.2, 0) is 25.9 Å². The van der Waals surface area contributed by atoms with Gasteiger partial charge in [0.15, 0.2) is 9.84 Å². The Bertz CT molecular complexity index is 691.